The first-order chi connectivity index (χ1) is 11.0. The number of rotatable bonds is 6. The Morgan fingerprint density at radius 2 is 2.00 bits per heavy atom. The maximum Gasteiger partial charge on any atom is 0.326 e. The van der Waals surface area contributed by atoms with Crippen molar-refractivity contribution in [3.63, 3.8) is 0 Å². The van der Waals surface area contributed by atoms with Crippen LogP contribution in [0.5, 0.6) is 0 Å². The highest BCUT2D eigenvalue weighted by atomic mass is 32.2. The molecule has 126 valence electrons. The Labute approximate surface area is 140 Å². The van der Waals surface area contributed by atoms with Crippen molar-refractivity contribution in [1.29, 1.82) is 0 Å². The molecular weight excluding hydrogens is 314 g/mol. The summed E-state index contributed by atoms with van der Waals surface area (Å²) in [6.07, 6.45) is 1.58. The average Bonchev–Trinajstić information content (AvgIpc) is 2.53. The molecule has 2 atom stereocenters. The van der Waals surface area contributed by atoms with Gasteiger partial charge in [0.25, 0.3) is 5.91 Å². The molecule has 0 bridgehead atoms. The van der Waals surface area contributed by atoms with Crippen molar-refractivity contribution in [2.75, 3.05) is 13.2 Å². The molecule has 0 aliphatic carbocycles. The van der Waals surface area contributed by atoms with E-state index >= 15 is 0 Å². The van der Waals surface area contributed by atoms with Gasteiger partial charge in [0.1, 0.15) is 6.04 Å². The quantitative estimate of drug-likeness (QED) is 0.781. The van der Waals surface area contributed by atoms with Crippen LogP contribution in [0.1, 0.15) is 37.0 Å². The van der Waals surface area contributed by atoms with Gasteiger partial charge in [-0.05, 0) is 37.1 Å². The largest absolute Gasteiger partial charge is 0.480 e. The molecule has 0 spiro atoms. The Bertz CT molecular complexity index is 538. The van der Waals surface area contributed by atoms with Crippen LogP contribution in [0.2, 0.25) is 0 Å². The maximum absolute atomic E-state index is 12.3. The topological polar surface area (TPSA) is 75.6 Å². The van der Waals surface area contributed by atoms with Crippen LogP contribution in [-0.2, 0) is 9.53 Å². The molecule has 2 rings (SSSR count). The summed E-state index contributed by atoms with van der Waals surface area (Å²) in [7, 11) is 0. The van der Waals surface area contributed by atoms with Gasteiger partial charge in [-0.2, -0.15) is 0 Å². The van der Waals surface area contributed by atoms with Gasteiger partial charge >= 0.3 is 5.97 Å². The van der Waals surface area contributed by atoms with Crippen molar-refractivity contribution < 1.29 is 19.4 Å². The number of carboxylic acids is 1. The Hall–Kier alpha value is -1.53. The number of thioether (sulfide) groups is 1. The zero-order valence-corrected chi connectivity index (χ0v) is 14.3. The molecule has 1 aromatic rings. The molecular formula is C17H23NO4S. The first-order valence-electron chi connectivity index (χ1n) is 7.85. The van der Waals surface area contributed by atoms with E-state index in [0.717, 1.165) is 17.7 Å². The summed E-state index contributed by atoms with van der Waals surface area (Å²) < 4.78 is 5.34. The summed E-state index contributed by atoms with van der Waals surface area (Å²) in [4.78, 5) is 24.9. The lowest BCUT2D eigenvalue weighted by Gasteiger charge is -2.28. The molecule has 2 N–H and O–H groups in total. The maximum atomic E-state index is 12.3. The summed E-state index contributed by atoms with van der Waals surface area (Å²) in [6, 6.07) is 6.33. The van der Waals surface area contributed by atoms with Gasteiger partial charge in [0, 0.05) is 28.2 Å². The standard InChI is InChI=1S/C17H23NO4S/c1-11(2)23-14-7-5-12(6-8-14)16(19)18-15(17(20)21)13-4-3-9-22-10-13/h5-8,11,13,15H,3-4,9-10H2,1-2H3,(H,18,19)(H,20,21). The number of carboxylic acid groups (broad SMARTS) is 1. The minimum absolute atomic E-state index is 0.180. The van der Waals surface area contributed by atoms with E-state index < -0.39 is 12.0 Å². The Kier molecular flexibility index (Phi) is 6.47. The Balaban J connectivity index is 2.01. The van der Waals surface area contributed by atoms with Crippen LogP contribution in [0.4, 0.5) is 0 Å². The third-order valence-corrected chi connectivity index (χ3v) is 4.72. The lowest BCUT2D eigenvalue weighted by molar-refractivity contribution is -0.142. The highest BCUT2D eigenvalue weighted by molar-refractivity contribution is 7.99. The van der Waals surface area contributed by atoms with Crippen LogP contribution < -0.4 is 5.32 Å². The van der Waals surface area contributed by atoms with Gasteiger partial charge in [-0.15, -0.1) is 11.8 Å². The predicted molar refractivity (Wildman–Crippen MR) is 89.9 cm³/mol. The molecule has 1 aromatic carbocycles. The van der Waals surface area contributed by atoms with E-state index in [4.69, 9.17) is 4.74 Å². The van der Waals surface area contributed by atoms with Gasteiger partial charge in [-0.1, -0.05) is 13.8 Å². The van der Waals surface area contributed by atoms with E-state index in [1.54, 1.807) is 23.9 Å². The molecule has 5 nitrogen and oxygen atoms in total. The first kappa shape index (κ1) is 17.8. The van der Waals surface area contributed by atoms with Gasteiger partial charge < -0.3 is 15.2 Å². The molecule has 0 radical (unpaired) electrons. The minimum Gasteiger partial charge on any atom is -0.480 e. The monoisotopic (exact) mass is 337 g/mol. The van der Waals surface area contributed by atoms with Crippen molar-refractivity contribution in [3.8, 4) is 0 Å². The molecule has 1 fully saturated rings. The van der Waals surface area contributed by atoms with Crippen LogP contribution in [0.15, 0.2) is 29.2 Å². The highest BCUT2D eigenvalue weighted by Gasteiger charge is 2.31. The number of carbonyl (C=O) groups excluding carboxylic acids is 1. The molecule has 1 amide bonds. The number of nitrogens with one attached hydrogen (secondary N) is 1. The van der Waals surface area contributed by atoms with E-state index in [2.05, 4.69) is 19.2 Å². The Morgan fingerprint density at radius 3 is 2.52 bits per heavy atom. The number of ether oxygens (including phenoxy) is 1. The number of hydrogen-bond acceptors (Lipinski definition) is 4. The summed E-state index contributed by atoms with van der Waals surface area (Å²) in [5.41, 5.74) is 0.473. The van der Waals surface area contributed by atoms with E-state index in [9.17, 15) is 14.7 Å². The predicted octanol–water partition coefficient (Wildman–Crippen LogP) is 2.80. The van der Waals surface area contributed by atoms with Crippen LogP contribution in [0.3, 0.4) is 0 Å². The van der Waals surface area contributed by atoms with E-state index in [1.165, 1.54) is 0 Å². The normalized spacial score (nSPS) is 19.3. The van der Waals surface area contributed by atoms with Crippen LogP contribution >= 0.6 is 11.8 Å². The average molecular weight is 337 g/mol. The highest BCUT2D eigenvalue weighted by Crippen LogP contribution is 2.23. The van der Waals surface area contributed by atoms with Crippen LogP contribution in [0, 0.1) is 5.92 Å². The zero-order chi connectivity index (χ0) is 16.8. The Morgan fingerprint density at radius 1 is 1.30 bits per heavy atom. The fraction of sp³-hybridized carbons (Fsp3) is 0.529. The SMILES string of the molecule is CC(C)Sc1ccc(C(=O)NC(C(=O)O)C2CCCOC2)cc1. The molecule has 1 heterocycles. The van der Waals surface area contributed by atoms with Gasteiger partial charge in [0.2, 0.25) is 0 Å². The second kappa shape index (κ2) is 8.36. The molecule has 2 unspecified atom stereocenters. The number of hydrogen-bond donors (Lipinski definition) is 2. The third kappa shape index (κ3) is 5.25. The van der Waals surface area contributed by atoms with Crippen LogP contribution in [-0.4, -0.2) is 41.5 Å². The molecule has 0 aromatic heterocycles. The lowest BCUT2D eigenvalue weighted by atomic mass is 9.93. The number of aliphatic carboxylic acids is 1. The van der Waals surface area contributed by atoms with E-state index in [-0.39, 0.29) is 11.8 Å². The second-order valence-electron chi connectivity index (χ2n) is 5.96. The molecule has 1 saturated heterocycles. The van der Waals surface area contributed by atoms with Crippen molar-refractivity contribution in [2.45, 2.75) is 42.9 Å². The molecule has 1 aliphatic heterocycles. The molecule has 1 aliphatic rings. The lowest BCUT2D eigenvalue weighted by Crippen LogP contribution is -2.48. The van der Waals surface area contributed by atoms with E-state index in [0.29, 0.717) is 24.0 Å². The number of amides is 1. The number of benzene rings is 1. The van der Waals surface area contributed by atoms with Crippen molar-refractivity contribution >= 4 is 23.6 Å². The summed E-state index contributed by atoms with van der Waals surface area (Å²) in [5.74, 6) is -1.55. The first-order valence-corrected chi connectivity index (χ1v) is 8.73. The van der Waals surface area contributed by atoms with Crippen LogP contribution in [0.25, 0.3) is 0 Å². The molecule has 0 saturated carbocycles. The number of carbonyl (C=O) groups is 2. The van der Waals surface area contributed by atoms with Gasteiger partial charge in [-0.25, -0.2) is 4.79 Å². The summed E-state index contributed by atoms with van der Waals surface area (Å²) in [6.45, 7) is 5.25. The van der Waals surface area contributed by atoms with Crippen molar-refractivity contribution in [3.05, 3.63) is 29.8 Å². The summed E-state index contributed by atoms with van der Waals surface area (Å²) >= 11 is 1.72. The second-order valence-corrected chi connectivity index (χ2v) is 7.61. The van der Waals surface area contributed by atoms with Crippen molar-refractivity contribution in [2.24, 2.45) is 5.92 Å². The summed E-state index contributed by atoms with van der Waals surface area (Å²) in [5, 5.41) is 12.5. The van der Waals surface area contributed by atoms with E-state index in [1.807, 2.05) is 12.1 Å². The fourth-order valence-corrected chi connectivity index (χ4v) is 3.43. The molecule has 6 heteroatoms. The smallest absolute Gasteiger partial charge is 0.326 e. The van der Waals surface area contributed by atoms with Gasteiger partial charge in [0.15, 0.2) is 0 Å². The van der Waals surface area contributed by atoms with Gasteiger partial charge in [0.05, 0.1) is 6.61 Å². The fourth-order valence-electron chi connectivity index (χ4n) is 2.59. The third-order valence-electron chi connectivity index (χ3n) is 3.71. The minimum atomic E-state index is -1.01. The molecule has 23 heavy (non-hydrogen) atoms. The van der Waals surface area contributed by atoms with Gasteiger partial charge in [-0.3, -0.25) is 4.79 Å². The zero-order valence-electron chi connectivity index (χ0n) is 13.5. The van der Waals surface area contributed by atoms with Crippen molar-refractivity contribution in [1.82, 2.24) is 5.32 Å².